The quantitative estimate of drug-likeness (QED) is 0.862. The number of benzene rings is 1. The normalized spacial score (nSPS) is 12.1. The lowest BCUT2D eigenvalue weighted by Crippen LogP contribution is -2.34. The molecule has 0 heterocycles. The van der Waals surface area contributed by atoms with Gasteiger partial charge in [0.05, 0.1) is 11.4 Å². The van der Waals surface area contributed by atoms with Crippen molar-refractivity contribution < 1.29 is 8.42 Å². The first-order valence-corrected chi connectivity index (χ1v) is 7.87. The van der Waals surface area contributed by atoms with Crippen molar-refractivity contribution in [1.29, 1.82) is 0 Å². The molecule has 0 spiro atoms. The number of rotatable bonds is 3. The molecule has 0 saturated carbocycles. The number of nitrogens with zero attached hydrogens (tertiary/aromatic N) is 1. The predicted octanol–water partition coefficient (Wildman–Crippen LogP) is 1.66. The van der Waals surface area contributed by atoms with Crippen LogP contribution in [0.5, 0.6) is 0 Å². The zero-order chi connectivity index (χ0) is 15.4. The first-order chi connectivity index (χ1) is 9.18. The highest BCUT2D eigenvalue weighted by Gasteiger charge is 2.26. The fourth-order valence-corrected chi connectivity index (χ4v) is 3.40. The molecule has 20 heavy (non-hydrogen) atoms. The smallest absolute Gasteiger partial charge is 0.244 e. The van der Waals surface area contributed by atoms with Gasteiger partial charge in [-0.25, -0.2) is 12.7 Å². The molecule has 0 aromatic heterocycles. The molecule has 5 heteroatoms. The minimum Gasteiger partial charge on any atom is -0.320 e. The van der Waals surface area contributed by atoms with Gasteiger partial charge in [0.25, 0.3) is 0 Å². The third-order valence-corrected chi connectivity index (χ3v) is 4.46. The molecule has 1 aromatic rings. The lowest BCUT2D eigenvalue weighted by atomic mass is 9.97. The summed E-state index contributed by atoms with van der Waals surface area (Å²) < 4.78 is 26.6. The Labute approximate surface area is 122 Å². The van der Waals surface area contributed by atoms with Crippen LogP contribution in [0.15, 0.2) is 29.2 Å². The minimum atomic E-state index is -3.54. The van der Waals surface area contributed by atoms with Gasteiger partial charge < -0.3 is 5.73 Å². The Morgan fingerprint density at radius 3 is 2.40 bits per heavy atom. The molecule has 0 atom stereocenters. The summed E-state index contributed by atoms with van der Waals surface area (Å²) in [6.07, 6.45) is 0. The van der Waals surface area contributed by atoms with Crippen LogP contribution in [0.4, 0.5) is 0 Å². The average Bonchev–Trinajstić information content (AvgIpc) is 2.34. The summed E-state index contributed by atoms with van der Waals surface area (Å²) in [4.78, 5) is 0.229. The molecule has 110 valence electrons. The molecule has 4 nitrogen and oxygen atoms in total. The van der Waals surface area contributed by atoms with E-state index in [1.54, 1.807) is 31.3 Å². The van der Waals surface area contributed by atoms with E-state index in [2.05, 4.69) is 11.8 Å². The van der Waals surface area contributed by atoms with E-state index in [4.69, 9.17) is 5.73 Å². The van der Waals surface area contributed by atoms with Gasteiger partial charge in [-0.2, -0.15) is 0 Å². The van der Waals surface area contributed by atoms with Crippen molar-refractivity contribution >= 4 is 10.0 Å². The van der Waals surface area contributed by atoms with E-state index in [9.17, 15) is 8.42 Å². The molecule has 0 aliphatic carbocycles. The first kappa shape index (κ1) is 16.7. The maximum atomic E-state index is 12.6. The molecule has 0 radical (unpaired) electrons. The number of sulfonamides is 1. The largest absolute Gasteiger partial charge is 0.320 e. The SMILES string of the molecule is CN(CC(C)(C)C)S(=O)(=O)c1ccccc1C#CCN. The van der Waals surface area contributed by atoms with Crippen LogP contribution in [0.1, 0.15) is 26.3 Å². The van der Waals surface area contributed by atoms with Crippen molar-refractivity contribution in [2.45, 2.75) is 25.7 Å². The summed E-state index contributed by atoms with van der Waals surface area (Å²) in [5, 5.41) is 0. The summed E-state index contributed by atoms with van der Waals surface area (Å²) in [5.41, 5.74) is 5.72. The Kier molecular flexibility index (Phi) is 5.35. The van der Waals surface area contributed by atoms with E-state index >= 15 is 0 Å². The van der Waals surface area contributed by atoms with Gasteiger partial charge >= 0.3 is 0 Å². The Morgan fingerprint density at radius 2 is 1.85 bits per heavy atom. The van der Waals surface area contributed by atoms with E-state index in [1.807, 2.05) is 20.8 Å². The molecule has 1 aromatic carbocycles. The summed E-state index contributed by atoms with van der Waals surface area (Å²) >= 11 is 0. The van der Waals surface area contributed by atoms with Crippen molar-refractivity contribution in [2.24, 2.45) is 11.1 Å². The molecular formula is C15H22N2O2S. The fourth-order valence-electron chi connectivity index (χ4n) is 1.86. The van der Waals surface area contributed by atoms with Gasteiger partial charge in [-0.15, -0.1) is 0 Å². The molecule has 0 aliphatic rings. The van der Waals surface area contributed by atoms with Gasteiger partial charge in [0.2, 0.25) is 10.0 Å². The van der Waals surface area contributed by atoms with Gasteiger partial charge in [-0.05, 0) is 17.5 Å². The molecule has 0 fully saturated rings. The highest BCUT2D eigenvalue weighted by atomic mass is 32.2. The van der Waals surface area contributed by atoms with E-state index in [0.717, 1.165) is 0 Å². The topological polar surface area (TPSA) is 63.4 Å². The second kappa shape index (κ2) is 6.40. The van der Waals surface area contributed by atoms with Crippen LogP contribution in [0.2, 0.25) is 0 Å². The summed E-state index contributed by atoms with van der Waals surface area (Å²) in [7, 11) is -1.95. The highest BCUT2D eigenvalue weighted by Crippen LogP contribution is 2.22. The molecule has 2 N–H and O–H groups in total. The van der Waals surface area contributed by atoms with Crippen LogP contribution in [-0.2, 0) is 10.0 Å². The van der Waals surface area contributed by atoms with Crippen LogP contribution in [0.3, 0.4) is 0 Å². The van der Waals surface area contributed by atoms with Crippen LogP contribution >= 0.6 is 0 Å². The van der Waals surface area contributed by atoms with E-state index in [0.29, 0.717) is 12.1 Å². The van der Waals surface area contributed by atoms with E-state index < -0.39 is 10.0 Å². The Balaban J connectivity index is 3.22. The van der Waals surface area contributed by atoms with E-state index in [-0.39, 0.29) is 16.9 Å². The lowest BCUT2D eigenvalue weighted by molar-refractivity contribution is 0.310. The third-order valence-electron chi connectivity index (χ3n) is 2.60. The van der Waals surface area contributed by atoms with Crippen molar-refractivity contribution in [1.82, 2.24) is 4.31 Å². The third kappa shape index (κ3) is 4.34. The van der Waals surface area contributed by atoms with Crippen LogP contribution in [-0.4, -0.2) is 32.9 Å². The Morgan fingerprint density at radius 1 is 1.25 bits per heavy atom. The van der Waals surface area contributed by atoms with Gasteiger partial charge in [0, 0.05) is 19.2 Å². The molecule has 0 unspecified atom stereocenters. The van der Waals surface area contributed by atoms with Gasteiger partial charge in [-0.1, -0.05) is 44.7 Å². The molecule has 0 amide bonds. The molecular weight excluding hydrogens is 272 g/mol. The lowest BCUT2D eigenvalue weighted by Gasteiger charge is -2.26. The maximum Gasteiger partial charge on any atom is 0.244 e. The van der Waals surface area contributed by atoms with Gasteiger partial charge in [0.15, 0.2) is 0 Å². The van der Waals surface area contributed by atoms with Crippen molar-refractivity contribution in [3.8, 4) is 11.8 Å². The summed E-state index contributed by atoms with van der Waals surface area (Å²) in [5.74, 6) is 5.51. The van der Waals surface area contributed by atoms with Gasteiger partial charge in [-0.3, -0.25) is 0 Å². The second-order valence-electron chi connectivity index (χ2n) is 5.82. The zero-order valence-electron chi connectivity index (χ0n) is 12.5. The molecule has 0 saturated heterocycles. The van der Waals surface area contributed by atoms with Crippen molar-refractivity contribution in [3.63, 3.8) is 0 Å². The highest BCUT2D eigenvalue weighted by molar-refractivity contribution is 7.89. The molecule has 0 aliphatic heterocycles. The number of hydrogen-bond acceptors (Lipinski definition) is 3. The van der Waals surface area contributed by atoms with E-state index in [1.165, 1.54) is 4.31 Å². The fraction of sp³-hybridized carbons (Fsp3) is 0.467. The standard InChI is InChI=1S/C15H22N2O2S/c1-15(2,3)12-17(4)20(18,19)14-10-6-5-8-13(14)9-7-11-16/h5-6,8,10H,11-12,16H2,1-4H3. The summed E-state index contributed by atoms with van der Waals surface area (Å²) in [6, 6.07) is 6.74. The molecule has 1 rings (SSSR count). The predicted molar refractivity (Wildman–Crippen MR) is 81.6 cm³/mol. The van der Waals surface area contributed by atoms with Crippen molar-refractivity contribution in [2.75, 3.05) is 20.1 Å². The van der Waals surface area contributed by atoms with Crippen LogP contribution < -0.4 is 5.73 Å². The van der Waals surface area contributed by atoms with Crippen LogP contribution in [0.25, 0.3) is 0 Å². The summed E-state index contributed by atoms with van der Waals surface area (Å²) in [6.45, 7) is 6.64. The van der Waals surface area contributed by atoms with Crippen LogP contribution in [0, 0.1) is 17.3 Å². The molecule has 0 bridgehead atoms. The first-order valence-electron chi connectivity index (χ1n) is 6.43. The van der Waals surface area contributed by atoms with Crippen molar-refractivity contribution in [3.05, 3.63) is 29.8 Å². The Bertz CT molecular complexity index is 619. The zero-order valence-corrected chi connectivity index (χ0v) is 13.3. The second-order valence-corrected chi connectivity index (χ2v) is 7.84. The maximum absolute atomic E-state index is 12.6. The Hall–Kier alpha value is -1.35. The van der Waals surface area contributed by atoms with Gasteiger partial charge in [0.1, 0.15) is 0 Å². The monoisotopic (exact) mass is 294 g/mol. The number of hydrogen-bond donors (Lipinski definition) is 1. The average molecular weight is 294 g/mol. The minimum absolute atomic E-state index is 0.111. The number of nitrogens with two attached hydrogens (primary N) is 1.